The van der Waals surface area contributed by atoms with Crippen molar-refractivity contribution in [3.8, 4) is 11.4 Å². The van der Waals surface area contributed by atoms with Crippen molar-refractivity contribution >= 4 is 17.5 Å². The molecule has 1 aromatic carbocycles. The molecule has 11 heteroatoms. The van der Waals surface area contributed by atoms with E-state index in [1.54, 1.807) is 0 Å². The van der Waals surface area contributed by atoms with Gasteiger partial charge in [0, 0.05) is 25.1 Å². The molecule has 1 amide bonds. The topological polar surface area (TPSA) is 89.1 Å². The number of carbonyl (C=O) groups excluding carboxylic acids is 1. The SMILES string of the molecule is CC(C)c1nnc(C(NC(=O)c2nc(-c3cc(Cl)c(F)cc3F)n3c2CN(C)CCC3)C(C)(C)C)o1. The standard InChI is InChI=1S/C25H31ClF2N6O2/c1-13(2)23-31-32-24(36-23)20(25(3,4)5)30-22(35)19-18-12-33(6)8-7-9-34(18)21(29-19)14-10-15(26)17(28)11-16(14)27/h10-11,13,20H,7-9,12H2,1-6H3,(H,30,35). The predicted molar refractivity (Wildman–Crippen MR) is 132 cm³/mol. The van der Waals surface area contributed by atoms with Crippen LogP contribution in [0.25, 0.3) is 11.4 Å². The third-order valence-electron chi connectivity index (χ3n) is 6.22. The Hall–Kier alpha value is -2.85. The van der Waals surface area contributed by atoms with Crippen LogP contribution >= 0.6 is 11.6 Å². The highest BCUT2D eigenvalue weighted by Crippen LogP contribution is 2.35. The molecule has 0 aliphatic carbocycles. The number of carbonyl (C=O) groups is 1. The fourth-order valence-electron chi connectivity index (χ4n) is 4.25. The second-order valence-corrected chi connectivity index (χ2v) is 11.0. The molecule has 0 fully saturated rings. The number of fused-ring (bicyclic) bond motifs is 1. The van der Waals surface area contributed by atoms with Gasteiger partial charge in [0.25, 0.3) is 5.91 Å². The monoisotopic (exact) mass is 520 g/mol. The molecule has 8 nitrogen and oxygen atoms in total. The highest BCUT2D eigenvalue weighted by Gasteiger charge is 2.35. The van der Waals surface area contributed by atoms with Gasteiger partial charge in [-0.15, -0.1) is 10.2 Å². The van der Waals surface area contributed by atoms with Crippen molar-refractivity contribution < 1.29 is 18.0 Å². The molecule has 0 bridgehead atoms. The first-order chi connectivity index (χ1) is 16.9. The number of halogens is 3. The Bertz CT molecular complexity index is 1280. The summed E-state index contributed by atoms with van der Waals surface area (Å²) < 4.78 is 36.4. The minimum atomic E-state index is -0.855. The number of nitrogens with zero attached hydrogens (tertiary/aromatic N) is 5. The molecule has 0 saturated carbocycles. The summed E-state index contributed by atoms with van der Waals surface area (Å²) in [6, 6.07) is 1.35. The summed E-state index contributed by atoms with van der Waals surface area (Å²) in [4.78, 5) is 20.3. The van der Waals surface area contributed by atoms with Crippen LogP contribution in [0, 0.1) is 17.0 Å². The van der Waals surface area contributed by atoms with Gasteiger partial charge in [-0.3, -0.25) is 4.79 Å². The molecule has 3 aromatic rings. The molecule has 36 heavy (non-hydrogen) atoms. The Labute approximate surface area is 214 Å². The van der Waals surface area contributed by atoms with Gasteiger partial charge in [-0.25, -0.2) is 13.8 Å². The zero-order valence-electron chi connectivity index (χ0n) is 21.3. The van der Waals surface area contributed by atoms with Crippen LogP contribution in [0.2, 0.25) is 5.02 Å². The Morgan fingerprint density at radius 1 is 1.14 bits per heavy atom. The summed E-state index contributed by atoms with van der Waals surface area (Å²) in [6.45, 7) is 11.5. The first-order valence-corrected chi connectivity index (χ1v) is 12.3. The number of hydrogen-bond donors (Lipinski definition) is 1. The van der Waals surface area contributed by atoms with E-state index < -0.39 is 29.0 Å². The summed E-state index contributed by atoms with van der Waals surface area (Å²) in [5, 5.41) is 11.1. The van der Waals surface area contributed by atoms with E-state index in [0.29, 0.717) is 30.6 Å². The molecule has 4 rings (SSSR count). The molecule has 1 N–H and O–H groups in total. The molecule has 1 aliphatic heterocycles. The quantitative estimate of drug-likeness (QED) is 0.457. The number of rotatable bonds is 5. The van der Waals surface area contributed by atoms with E-state index in [-0.39, 0.29) is 28.0 Å². The number of hydrogen-bond acceptors (Lipinski definition) is 6. The second kappa shape index (κ2) is 9.89. The number of imidazole rings is 1. The minimum Gasteiger partial charge on any atom is -0.423 e. The van der Waals surface area contributed by atoms with Crippen LogP contribution in [0.1, 0.15) is 81.0 Å². The molecule has 1 unspecified atom stereocenters. The van der Waals surface area contributed by atoms with Crippen molar-refractivity contribution in [3.05, 3.63) is 52.0 Å². The average Bonchev–Trinajstić information content (AvgIpc) is 3.35. The van der Waals surface area contributed by atoms with Crippen LogP contribution in [0.4, 0.5) is 8.78 Å². The fourth-order valence-corrected chi connectivity index (χ4v) is 4.41. The third kappa shape index (κ3) is 5.15. The summed E-state index contributed by atoms with van der Waals surface area (Å²) in [6.07, 6.45) is 0.773. The molecule has 0 spiro atoms. The average molecular weight is 521 g/mol. The molecular formula is C25H31ClF2N6O2. The molecule has 1 aliphatic rings. The van der Waals surface area contributed by atoms with Crippen molar-refractivity contribution in [1.29, 1.82) is 0 Å². The Balaban J connectivity index is 1.78. The molecule has 194 valence electrons. The lowest BCUT2D eigenvalue weighted by Gasteiger charge is -2.28. The highest BCUT2D eigenvalue weighted by molar-refractivity contribution is 6.31. The van der Waals surface area contributed by atoms with E-state index in [1.165, 1.54) is 6.07 Å². The zero-order valence-corrected chi connectivity index (χ0v) is 22.1. The van der Waals surface area contributed by atoms with Crippen molar-refractivity contribution in [1.82, 2.24) is 30.0 Å². The van der Waals surface area contributed by atoms with Gasteiger partial charge in [-0.2, -0.15) is 0 Å². The normalized spacial score (nSPS) is 15.6. The first kappa shape index (κ1) is 26.2. The van der Waals surface area contributed by atoms with E-state index in [2.05, 4.69) is 25.4 Å². The number of nitrogens with one attached hydrogen (secondary N) is 1. The molecule has 0 saturated heterocycles. The number of benzene rings is 1. The van der Waals surface area contributed by atoms with Crippen LogP contribution in [0.5, 0.6) is 0 Å². The molecular weight excluding hydrogens is 490 g/mol. The van der Waals surface area contributed by atoms with Gasteiger partial charge in [0.05, 0.1) is 16.3 Å². The van der Waals surface area contributed by atoms with Crippen LogP contribution in [-0.4, -0.2) is 44.1 Å². The lowest BCUT2D eigenvalue weighted by atomic mass is 9.86. The number of aromatic nitrogens is 4. The van der Waals surface area contributed by atoms with E-state index in [9.17, 15) is 13.6 Å². The van der Waals surface area contributed by atoms with Crippen LogP contribution in [-0.2, 0) is 13.1 Å². The first-order valence-electron chi connectivity index (χ1n) is 11.9. The van der Waals surface area contributed by atoms with E-state index in [4.69, 9.17) is 16.0 Å². The van der Waals surface area contributed by atoms with Crippen LogP contribution in [0.3, 0.4) is 0 Å². The fraction of sp³-hybridized carbons (Fsp3) is 0.520. The van der Waals surface area contributed by atoms with Crippen molar-refractivity contribution in [2.24, 2.45) is 5.41 Å². The van der Waals surface area contributed by atoms with Gasteiger partial charge in [-0.1, -0.05) is 46.2 Å². The van der Waals surface area contributed by atoms with Crippen molar-refractivity contribution in [3.63, 3.8) is 0 Å². The predicted octanol–water partition coefficient (Wildman–Crippen LogP) is 5.34. The van der Waals surface area contributed by atoms with E-state index in [0.717, 1.165) is 19.0 Å². The Morgan fingerprint density at radius 3 is 2.47 bits per heavy atom. The smallest absolute Gasteiger partial charge is 0.272 e. The maximum absolute atomic E-state index is 14.8. The molecule has 2 aromatic heterocycles. The van der Waals surface area contributed by atoms with E-state index >= 15 is 0 Å². The lowest BCUT2D eigenvalue weighted by molar-refractivity contribution is 0.0878. The summed E-state index contributed by atoms with van der Waals surface area (Å²) in [7, 11) is 1.95. The van der Waals surface area contributed by atoms with Crippen LogP contribution in [0.15, 0.2) is 16.5 Å². The highest BCUT2D eigenvalue weighted by atomic mass is 35.5. The maximum Gasteiger partial charge on any atom is 0.272 e. The molecule has 3 heterocycles. The van der Waals surface area contributed by atoms with Gasteiger partial charge in [0.1, 0.15) is 23.5 Å². The van der Waals surface area contributed by atoms with Crippen LogP contribution < -0.4 is 5.32 Å². The Kier molecular flexibility index (Phi) is 7.21. The summed E-state index contributed by atoms with van der Waals surface area (Å²) >= 11 is 5.97. The van der Waals surface area contributed by atoms with E-state index in [1.807, 2.05) is 46.2 Å². The van der Waals surface area contributed by atoms with Gasteiger partial charge >= 0.3 is 0 Å². The molecule has 0 radical (unpaired) electrons. The molecule has 1 atom stereocenters. The van der Waals surface area contributed by atoms with Gasteiger partial charge in [0.15, 0.2) is 5.69 Å². The minimum absolute atomic E-state index is 0.0390. The zero-order chi connectivity index (χ0) is 26.4. The largest absolute Gasteiger partial charge is 0.423 e. The summed E-state index contributed by atoms with van der Waals surface area (Å²) in [5.41, 5.74) is 0.389. The van der Waals surface area contributed by atoms with Crippen molar-refractivity contribution in [2.75, 3.05) is 13.6 Å². The van der Waals surface area contributed by atoms with Crippen molar-refractivity contribution in [2.45, 2.75) is 66.1 Å². The van der Waals surface area contributed by atoms with Gasteiger partial charge in [0.2, 0.25) is 11.8 Å². The van der Waals surface area contributed by atoms with Gasteiger partial charge in [-0.05, 0) is 31.5 Å². The Morgan fingerprint density at radius 2 is 1.83 bits per heavy atom. The number of amides is 1. The lowest BCUT2D eigenvalue weighted by Crippen LogP contribution is -2.37. The third-order valence-corrected chi connectivity index (χ3v) is 6.51. The maximum atomic E-state index is 14.8. The van der Waals surface area contributed by atoms with Gasteiger partial charge < -0.3 is 19.2 Å². The summed E-state index contributed by atoms with van der Waals surface area (Å²) in [5.74, 6) is -1.03. The second-order valence-electron chi connectivity index (χ2n) is 10.6.